The average molecular weight is 312 g/mol. The Kier molecular flexibility index (Phi) is 7.90. The minimum atomic E-state index is 0.206. The highest BCUT2D eigenvalue weighted by Crippen LogP contribution is 2.14. The molecule has 3 heteroatoms. The predicted octanol–water partition coefficient (Wildman–Crippen LogP) is 5.17. The summed E-state index contributed by atoms with van der Waals surface area (Å²) in [6.07, 6.45) is 12.7. The number of rotatable bonds is 9. The number of hydrogen-bond acceptors (Lipinski definition) is 2. The van der Waals surface area contributed by atoms with E-state index in [1.807, 2.05) is 6.07 Å². The maximum Gasteiger partial charge on any atom is 0.164 e. The standard InChI is InChI=1S/C15H22BrNO/c1-2-3-4-5-6-7-8-9-15(18)13-10-14(16)12-17-11-13/h10-12H,2-9H2,1H3. The van der Waals surface area contributed by atoms with Crippen molar-refractivity contribution in [2.75, 3.05) is 0 Å². The largest absolute Gasteiger partial charge is 0.294 e. The van der Waals surface area contributed by atoms with Crippen molar-refractivity contribution < 1.29 is 4.79 Å². The summed E-state index contributed by atoms with van der Waals surface area (Å²) >= 11 is 3.33. The average Bonchev–Trinajstić information content (AvgIpc) is 2.37. The molecule has 0 N–H and O–H groups in total. The molecule has 0 unspecified atom stereocenters. The third-order valence-corrected chi connectivity index (χ3v) is 3.47. The molecule has 1 aromatic rings. The quantitative estimate of drug-likeness (QED) is 0.465. The molecular weight excluding hydrogens is 290 g/mol. The molecule has 0 saturated heterocycles. The van der Waals surface area contributed by atoms with E-state index >= 15 is 0 Å². The van der Waals surface area contributed by atoms with Gasteiger partial charge in [-0.2, -0.15) is 0 Å². The van der Waals surface area contributed by atoms with E-state index in [4.69, 9.17) is 0 Å². The minimum Gasteiger partial charge on any atom is -0.294 e. The van der Waals surface area contributed by atoms with Gasteiger partial charge in [0, 0.05) is 28.9 Å². The van der Waals surface area contributed by atoms with Gasteiger partial charge in [0.1, 0.15) is 0 Å². The van der Waals surface area contributed by atoms with Gasteiger partial charge >= 0.3 is 0 Å². The summed E-state index contributed by atoms with van der Waals surface area (Å²) in [6.45, 7) is 2.23. The summed E-state index contributed by atoms with van der Waals surface area (Å²) in [5.74, 6) is 0.206. The highest BCUT2D eigenvalue weighted by molar-refractivity contribution is 9.10. The normalized spacial score (nSPS) is 10.6. The Morgan fingerprint density at radius 3 is 2.44 bits per heavy atom. The van der Waals surface area contributed by atoms with Crippen molar-refractivity contribution in [2.24, 2.45) is 0 Å². The van der Waals surface area contributed by atoms with Crippen LogP contribution in [0.3, 0.4) is 0 Å². The fourth-order valence-corrected chi connectivity index (χ4v) is 2.32. The Bertz CT molecular complexity index is 365. The third-order valence-electron chi connectivity index (χ3n) is 3.03. The first-order valence-electron chi connectivity index (χ1n) is 6.87. The monoisotopic (exact) mass is 311 g/mol. The summed E-state index contributed by atoms with van der Waals surface area (Å²) in [5.41, 5.74) is 0.718. The summed E-state index contributed by atoms with van der Waals surface area (Å²) in [4.78, 5) is 15.9. The van der Waals surface area contributed by atoms with Crippen LogP contribution in [0, 0.1) is 0 Å². The predicted molar refractivity (Wildman–Crippen MR) is 78.9 cm³/mol. The maximum absolute atomic E-state index is 11.9. The number of pyridine rings is 1. The Balaban J connectivity index is 2.14. The summed E-state index contributed by atoms with van der Waals surface area (Å²) in [5, 5.41) is 0. The van der Waals surface area contributed by atoms with Crippen LogP contribution in [0.15, 0.2) is 22.9 Å². The van der Waals surface area contributed by atoms with Gasteiger partial charge in [0.05, 0.1) is 0 Å². The lowest BCUT2D eigenvalue weighted by molar-refractivity contribution is 0.0978. The SMILES string of the molecule is CCCCCCCCCC(=O)c1cncc(Br)c1. The Labute approximate surface area is 118 Å². The van der Waals surface area contributed by atoms with Gasteiger partial charge in [-0.1, -0.05) is 45.4 Å². The van der Waals surface area contributed by atoms with Crippen molar-refractivity contribution in [1.29, 1.82) is 0 Å². The van der Waals surface area contributed by atoms with Crippen LogP contribution in [-0.4, -0.2) is 10.8 Å². The van der Waals surface area contributed by atoms with Crippen LogP contribution >= 0.6 is 15.9 Å². The smallest absolute Gasteiger partial charge is 0.164 e. The van der Waals surface area contributed by atoms with E-state index < -0.39 is 0 Å². The van der Waals surface area contributed by atoms with Crippen molar-refractivity contribution in [3.8, 4) is 0 Å². The molecule has 0 aliphatic heterocycles. The number of aromatic nitrogens is 1. The molecule has 2 nitrogen and oxygen atoms in total. The van der Waals surface area contributed by atoms with Gasteiger partial charge in [-0.3, -0.25) is 9.78 Å². The van der Waals surface area contributed by atoms with E-state index in [2.05, 4.69) is 27.8 Å². The first-order chi connectivity index (χ1) is 8.74. The van der Waals surface area contributed by atoms with Gasteiger partial charge in [-0.15, -0.1) is 0 Å². The fraction of sp³-hybridized carbons (Fsp3) is 0.600. The van der Waals surface area contributed by atoms with Crippen molar-refractivity contribution in [3.05, 3.63) is 28.5 Å². The molecule has 1 rings (SSSR count). The van der Waals surface area contributed by atoms with E-state index in [1.54, 1.807) is 12.4 Å². The van der Waals surface area contributed by atoms with Crippen LogP contribution in [0.25, 0.3) is 0 Å². The minimum absolute atomic E-state index is 0.206. The zero-order valence-electron chi connectivity index (χ0n) is 11.1. The molecule has 0 saturated carbocycles. The van der Waals surface area contributed by atoms with Gasteiger partial charge in [0.2, 0.25) is 0 Å². The molecule has 0 aromatic carbocycles. The molecular formula is C15H22BrNO. The van der Waals surface area contributed by atoms with Crippen LogP contribution in [-0.2, 0) is 0 Å². The van der Waals surface area contributed by atoms with Gasteiger partial charge < -0.3 is 0 Å². The highest BCUT2D eigenvalue weighted by Gasteiger charge is 2.06. The van der Waals surface area contributed by atoms with E-state index in [0.717, 1.165) is 22.9 Å². The molecule has 0 amide bonds. The van der Waals surface area contributed by atoms with Gasteiger partial charge in [-0.05, 0) is 28.4 Å². The molecule has 18 heavy (non-hydrogen) atoms. The van der Waals surface area contributed by atoms with Crippen molar-refractivity contribution in [2.45, 2.75) is 58.3 Å². The summed E-state index contributed by atoms with van der Waals surface area (Å²) < 4.78 is 0.868. The molecule has 0 aliphatic carbocycles. The van der Waals surface area contributed by atoms with Gasteiger partial charge in [0.15, 0.2) is 5.78 Å². The van der Waals surface area contributed by atoms with Crippen molar-refractivity contribution >= 4 is 21.7 Å². The fourth-order valence-electron chi connectivity index (χ4n) is 1.95. The number of unbranched alkanes of at least 4 members (excludes halogenated alkanes) is 6. The number of carbonyl (C=O) groups is 1. The zero-order valence-corrected chi connectivity index (χ0v) is 12.7. The summed E-state index contributed by atoms with van der Waals surface area (Å²) in [6, 6.07) is 1.84. The summed E-state index contributed by atoms with van der Waals surface area (Å²) in [7, 11) is 0. The van der Waals surface area contributed by atoms with Crippen LogP contribution in [0.5, 0.6) is 0 Å². The second-order valence-electron chi connectivity index (χ2n) is 4.69. The Morgan fingerprint density at radius 1 is 1.11 bits per heavy atom. The van der Waals surface area contributed by atoms with Crippen molar-refractivity contribution in [1.82, 2.24) is 4.98 Å². The number of Topliss-reactive ketones (excluding diaryl/α,β-unsaturated/α-hetero) is 1. The zero-order chi connectivity index (χ0) is 13.2. The van der Waals surface area contributed by atoms with Crippen LogP contribution in [0.2, 0.25) is 0 Å². The van der Waals surface area contributed by atoms with Crippen LogP contribution in [0.4, 0.5) is 0 Å². The molecule has 0 fully saturated rings. The topological polar surface area (TPSA) is 30.0 Å². The second-order valence-corrected chi connectivity index (χ2v) is 5.60. The molecule has 0 bridgehead atoms. The number of nitrogens with zero attached hydrogens (tertiary/aromatic N) is 1. The highest BCUT2D eigenvalue weighted by atomic mass is 79.9. The first kappa shape index (κ1) is 15.4. The van der Waals surface area contributed by atoms with Crippen molar-refractivity contribution in [3.63, 3.8) is 0 Å². The maximum atomic E-state index is 11.9. The Hall–Kier alpha value is -0.700. The lowest BCUT2D eigenvalue weighted by Crippen LogP contribution is -1.99. The van der Waals surface area contributed by atoms with E-state index in [9.17, 15) is 4.79 Å². The second kappa shape index (κ2) is 9.26. The molecule has 100 valence electrons. The van der Waals surface area contributed by atoms with Crippen LogP contribution in [0.1, 0.15) is 68.6 Å². The Morgan fingerprint density at radius 2 is 1.78 bits per heavy atom. The molecule has 0 spiro atoms. The van der Waals surface area contributed by atoms with E-state index in [1.165, 1.54) is 32.1 Å². The number of hydrogen-bond donors (Lipinski definition) is 0. The lowest BCUT2D eigenvalue weighted by Gasteiger charge is -2.02. The lowest BCUT2D eigenvalue weighted by atomic mass is 10.0. The molecule has 0 aliphatic rings. The van der Waals surface area contributed by atoms with E-state index in [0.29, 0.717) is 6.42 Å². The van der Waals surface area contributed by atoms with E-state index in [-0.39, 0.29) is 5.78 Å². The number of halogens is 1. The molecule has 1 heterocycles. The number of carbonyl (C=O) groups excluding carboxylic acids is 1. The van der Waals surface area contributed by atoms with Crippen LogP contribution < -0.4 is 0 Å². The van der Waals surface area contributed by atoms with Gasteiger partial charge in [0.25, 0.3) is 0 Å². The molecule has 1 aromatic heterocycles. The first-order valence-corrected chi connectivity index (χ1v) is 7.67. The third kappa shape index (κ3) is 6.29. The molecule has 0 radical (unpaired) electrons. The number of ketones is 1. The molecule has 0 atom stereocenters. The van der Waals surface area contributed by atoms with Gasteiger partial charge in [-0.25, -0.2) is 0 Å².